The third-order valence-electron chi connectivity index (χ3n) is 5.60. The van der Waals surface area contributed by atoms with E-state index >= 15 is 0 Å². The van der Waals surface area contributed by atoms with Crippen molar-refractivity contribution in [3.05, 3.63) is 34.8 Å². The summed E-state index contributed by atoms with van der Waals surface area (Å²) in [7, 11) is 7.73. The molecule has 2 aromatic heterocycles. The zero-order valence-electron chi connectivity index (χ0n) is 22.6. The number of benzene rings is 2. The van der Waals surface area contributed by atoms with Gasteiger partial charge in [0.05, 0.1) is 53.4 Å². The maximum atomic E-state index is 12.3. The maximum absolute atomic E-state index is 12.3. The zero-order chi connectivity index (χ0) is 28.1. The number of fused-ring (bicyclic) bond motifs is 1. The minimum atomic E-state index is -0.429. The molecule has 12 nitrogen and oxygen atoms in total. The number of aryl methyl sites for hydroxylation is 1. The van der Waals surface area contributed by atoms with E-state index in [1.165, 1.54) is 7.11 Å². The minimum Gasteiger partial charge on any atom is -0.493 e. The molecule has 0 aliphatic rings. The van der Waals surface area contributed by atoms with Crippen molar-refractivity contribution in [2.75, 3.05) is 52.8 Å². The Bertz CT molecular complexity index is 1480. The Morgan fingerprint density at radius 3 is 2.05 bits per heavy atom. The number of carbonyl (C=O) groups is 1. The number of ether oxygens (including phenoxy) is 6. The number of thiazole rings is 1. The number of aromatic nitrogens is 3. The summed E-state index contributed by atoms with van der Waals surface area (Å²) in [6.07, 6.45) is 0. The predicted octanol–water partition coefficient (Wildman–Crippen LogP) is 5.10. The number of hydrogen-bond donors (Lipinski definition) is 2. The van der Waals surface area contributed by atoms with Crippen LogP contribution in [0.2, 0.25) is 0 Å². The Morgan fingerprint density at radius 2 is 1.46 bits per heavy atom. The third kappa shape index (κ3) is 5.67. The molecule has 39 heavy (non-hydrogen) atoms. The Kier molecular flexibility index (Phi) is 8.39. The molecule has 4 rings (SSSR count). The predicted molar refractivity (Wildman–Crippen MR) is 148 cm³/mol. The van der Waals surface area contributed by atoms with Gasteiger partial charge in [-0.2, -0.15) is 4.98 Å². The lowest BCUT2D eigenvalue weighted by Crippen LogP contribution is -2.04. The van der Waals surface area contributed by atoms with E-state index in [9.17, 15) is 4.79 Å². The first kappa shape index (κ1) is 27.5. The maximum Gasteiger partial charge on any atom is 0.350 e. The van der Waals surface area contributed by atoms with Crippen LogP contribution in [0.5, 0.6) is 28.7 Å². The highest BCUT2D eigenvalue weighted by molar-refractivity contribution is 7.17. The Balaban J connectivity index is 1.82. The highest BCUT2D eigenvalue weighted by Crippen LogP contribution is 2.42. The summed E-state index contributed by atoms with van der Waals surface area (Å²) in [6, 6.07) is 7.06. The molecule has 0 saturated heterocycles. The van der Waals surface area contributed by atoms with E-state index in [0.717, 1.165) is 11.3 Å². The number of anilines is 4. The molecule has 2 heterocycles. The van der Waals surface area contributed by atoms with Crippen LogP contribution in [0.1, 0.15) is 22.3 Å². The van der Waals surface area contributed by atoms with Gasteiger partial charge in [-0.15, -0.1) is 0 Å². The van der Waals surface area contributed by atoms with Crippen LogP contribution in [0.15, 0.2) is 24.3 Å². The Hall–Kier alpha value is -4.52. The second-order valence-corrected chi connectivity index (χ2v) is 8.94. The number of carbonyl (C=O) groups excluding carboxylic acids is 1. The van der Waals surface area contributed by atoms with E-state index in [-0.39, 0.29) is 12.6 Å². The van der Waals surface area contributed by atoms with Gasteiger partial charge in [0.25, 0.3) is 0 Å². The zero-order valence-corrected chi connectivity index (χ0v) is 23.4. The highest BCUT2D eigenvalue weighted by atomic mass is 32.1. The van der Waals surface area contributed by atoms with Crippen molar-refractivity contribution in [1.29, 1.82) is 0 Å². The van der Waals surface area contributed by atoms with E-state index in [4.69, 9.17) is 33.4 Å². The summed E-state index contributed by atoms with van der Waals surface area (Å²) in [5, 5.41) is 7.53. The number of nitrogens with one attached hydrogen (secondary N) is 2. The SMILES string of the molecule is CCOC(=O)c1sc(Nc2nc(Nc3cc(OC)c(OC)c(OC)c3)c3cc(OC)c(OC)cc3n2)nc1C. The fourth-order valence-electron chi connectivity index (χ4n) is 3.83. The second-order valence-electron chi connectivity index (χ2n) is 7.94. The molecule has 0 fully saturated rings. The van der Waals surface area contributed by atoms with Crippen molar-refractivity contribution in [3.63, 3.8) is 0 Å². The van der Waals surface area contributed by atoms with Gasteiger partial charge in [-0.3, -0.25) is 5.32 Å². The van der Waals surface area contributed by atoms with Crippen molar-refractivity contribution in [1.82, 2.24) is 15.0 Å². The monoisotopic (exact) mass is 555 g/mol. The van der Waals surface area contributed by atoms with E-state index in [0.29, 0.717) is 66.9 Å². The summed E-state index contributed by atoms with van der Waals surface area (Å²) in [5.74, 6) is 2.69. The van der Waals surface area contributed by atoms with Gasteiger partial charge < -0.3 is 33.7 Å². The molecule has 0 aliphatic carbocycles. The topological polar surface area (TPSA) is 135 Å². The lowest BCUT2D eigenvalue weighted by molar-refractivity contribution is 0.0531. The molecule has 206 valence electrons. The van der Waals surface area contributed by atoms with Gasteiger partial charge in [-0.1, -0.05) is 11.3 Å². The molecule has 2 aromatic carbocycles. The minimum absolute atomic E-state index is 0.244. The lowest BCUT2D eigenvalue weighted by Gasteiger charge is -2.17. The first-order valence-corrected chi connectivity index (χ1v) is 12.6. The number of rotatable bonds is 11. The Labute approximate surface area is 229 Å². The molecule has 0 atom stereocenters. The normalized spacial score (nSPS) is 10.6. The summed E-state index contributed by atoms with van der Waals surface area (Å²) in [5.41, 5.74) is 1.74. The smallest absolute Gasteiger partial charge is 0.350 e. The number of hydrogen-bond acceptors (Lipinski definition) is 13. The molecular formula is C26H29N5O7S. The molecule has 0 radical (unpaired) electrons. The van der Waals surface area contributed by atoms with Crippen molar-refractivity contribution < 1.29 is 33.2 Å². The van der Waals surface area contributed by atoms with Crippen molar-refractivity contribution in [3.8, 4) is 28.7 Å². The fourth-order valence-corrected chi connectivity index (χ4v) is 4.68. The van der Waals surface area contributed by atoms with Gasteiger partial charge in [0.2, 0.25) is 11.7 Å². The van der Waals surface area contributed by atoms with Crippen molar-refractivity contribution >= 4 is 50.8 Å². The highest BCUT2D eigenvalue weighted by Gasteiger charge is 2.20. The molecule has 0 aliphatic heterocycles. The second kappa shape index (κ2) is 11.9. The van der Waals surface area contributed by atoms with Crippen LogP contribution >= 0.6 is 11.3 Å². The van der Waals surface area contributed by atoms with Crippen LogP contribution in [0.25, 0.3) is 10.9 Å². The van der Waals surface area contributed by atoms with E-state index in [2.05, 4.69) is 20.6 Å². The van der Waals surface area contributed by atoms with E-state index < -0.39 is 5.97 Å². The number of methoxy groups -OCH3 is 5. The van der Waals surface area contributed by atoms with Crippen LogP contribution in [0.3, 0.4) is 0 Å². The first-order chi connectivity index (χ1) is 18.8. The molecule has 0 amide bonds. The summed E-state index contributed by atoms with van der Waals surface area (Å²) in [4.78, 5) is 26.5. The molecule has 2 N–H and O–H groups in total. The first-order valence-electron chi connectivity index (χ1n) is 11.8. The quantitative estimate of drug-likeness (QED) is 0.238. The van der Waals surface area contributed by atoms with Gasteiger partial charge in [-0.05, 0) is 19.9 Å². The van der Waals surface area contributed by atoms with Gasteiger partial charge in [0.1, 0.15) is 10.7 Å². The lowest BCUT2D eigenvalue weighted by atomic mass is 10.2. The average molecular weight is 556 g/mol. The number of nitrogens with zero attached hydrogens (tertiary/aromatic N) is 3. The van der Waals surface area contributed by atoms with Gasteiger partial charge in [0.15, 0.2) is 28.1 Å². The summed E-state index contributed by atoms with van der Waals surface area (Å²) in [6.45, 7) is 3.76. The molecular weight excluding hydrogens is 526 g/mol. The van der Waals surface area contributed by atoms with Crippen molar-refractivity contribution in [2.45, 2.75) is 13.8 Å². The Morgan fingerprint density at radius 1 is 0.821 bits per heavy atom. The fraction of sp³-hybridized carbons (Fsp3) is 0.308. The van der Waals surface area contributed by atoms with Crippen LogP contribution in [0, 0.1) is 6.92 Å². The molecule has 13 heteroatoms. The molecule has 0 bridgehead atoms. The van der Waals surface area contributed by atoms with E-state index in [1.807, 2.05) is 0 Å². The van der Waals surface area contributed by atoms with Gasteiger partial charge in [-0.25, -0.2) is 14.8 Å². The summed E-state index contributed by atoms with van der Waals surface area (Å²) < 4.78 is 32.5. The van der Waals surface area contributed by atoms with E-state index in [1.54, 1.807) is 66.6 Å². The van der Waals surface area contributed by atoms with Crippen LogP contribution in [0.4, 0.5) is 22.6 Å². The molecule has 4 aromatic rings. The summed E-state index contributed by atoms with van der Waals surface area (Å²) >= 11 is 1.16. The van der Waals surface area contributed by atoms with Crippen molar-refractivity contribution in [2.24, 2.45) is 0 Å². The largest absolute Gasteiger partial charge is 0.493 e. The standard InChI is InChI=1S/C26H29N5O7S/c1-8-38-24(32)22-13(2)27-26(39-22)31-25-29-16-12-18(34-4)17(33-3)11-15(16)23(30-25)28-14-9-19(35-5)21(37-7)20(10-14)36-6/h9-12H,8H2,1-7H3,(H2,27,28,29,30,31). The molecule has 0 spiro atoms. The third-order valence-corrected chi connectivity index (χ3v) is 6.66. The van der Waals surface area contributed by atoms with Crippen LogP contribution in [-0.2, 0) is 4.74 Å². The van der Waals surface area contributed by atoms with Crippen LogP contribution < -0.4 is 34.3 Å². The number of esters is 1. The van der Waals surface area contributed by atoms with Gasteiger partial charge in [0, 0.05) is 29.3 Å². The van der Waals surface area contributed by atoms with Crippen LogP contribution in [-0.4, -0.2) is 63.1 Å². The van der Waals surface area contributed by atoms with Gasteiger partial charge >= 0.3 is 5.97 Å². The molecule has 0 unspecified atom stereocenters. The average Bonchev–Trinajstić information content (AvgIpc) is 3.31. The molecule has 0 saturated carbocycles.